The molecule has 0 saturated heterocycles. The second kappa shape index (κ2) is 4.96. The van der Waals surface area contributed by atoms with Crippen LogP contribution in [0.4, 0.5) is 5.69 Å². The van der Waals surface area contributed by atoms with Gasteiger partial charge in [-0.2, -0.15) is 4.98 Å². The Morgan fingerprint density at radius 2 is 2.25 bits per heavy atom. The molecule has 20 heavy (non-hydrogen) atoms. The standard InChI is InChI=1S/C11H9N3O6/c1-5-12-11(13-20-5)6-3-8(19-2)10(16)9(14(17)18)7(6)4-15/h3-4,16H,1-2H3. The van der Waals surface area contributed by atoms with Gasteiger partial charge in [0.15, 0.2) is 12.0 Å². The molecule has 1 aromatic heterocycles. The van der Waals surface area contributed by atoms with Crippen molar-refractivity contribution in [3.05, 3.63) is 27.6 Å². The van der Waals surface area contributed by atoms with Crippen molar-refractivity contribution < 1.29 is 24.1 Å². The molecule has 0 aliphatic heterocycles. The molecular weight excluding hydrogens is 270 g/mol. The van der Waals surface area contributed by atoms with Crippen LogP contribution in [-0.4, -0.2) is 33.6 Å². The van der Waals surface area contributed by atoms with Gasteiger partial charge in [0.1, 0.15) is 5.56 Å². The van der Waals surface area contributed by atoms with Crippen molar-refractivity contribution in [3.63, 3.8) is 0 Å². The SMILES string of the molecule is COc1cc(-c2noc(C)n2)c(C=O)c([N+](=O)[O-])c1O. The summed E-state index contributed by atoms with van der Waals surface area (Å²) in [4.78, 5) is 25.2. The lowest BCUT2D eigenvalue weighted by molar-refractivity contribution is -0.386. The number of nitro benzene ring substituents is 1. The van der Waals surface area contributed by atoms with Gasteiger partial charge in [-0.15, -0.1) is 0 Å². The number of hydrogen-bond acceptors (Lipinski definition) is 8. The number of benzene rings is 1. The van der Waals surface area contributed by atoms with Gasteiger partial charge >= 0.3 is 5.69 Å². The smallest absolute Gasteiger partial charge is 0.325 e. The van der Waals surface area contributed by atoms with E-state index in [1.807, 2.05) is 0 Å². The predicted molar refractivity (Wildman–Crippen MR) is 64.7 cm³/mol. The molecule has 0 fully saturated rings. The first-order valence-electron chi connectivity index (χ1n) is 5.33. The number of aromatic nitrogens is 2. The number of hydrogen-bond donors (Lipinski definition) is 1. The number of aryl methyl sites for hydroxylation is 1. The van der Waals surface area contributed by atoms with Crippen LogP contribution in [0.5, 0.6) is 11.5 Å². The summed E-state index contributed by atoms with van der Waals surface area (Å²) >= 11 is 0. The highest BCUT2D eigenvalue weighted by Gasteiger charge is 2.29. The first-order chi connectivity index (χ1) is 9.49. The molecule has 0 saturated carbocycles. The van der Waals surface area contributed by atoms with Crippen LogP contribution in [-0.2, 0) is 0 Å². The molecule has 0 radical (unpaired) electrons. The summed E-state index contributed by atoms with van der Waals surface area (Å²) in [6.45, 7) is 1.53. The molecule has 0 aliphatic carbocycles. The molecule has 0 aliphatic rings. The van der Waals surface area contributed by atoms with Crippen molar-refractivity contribution in [3.8, 4) is 22.9 Å². The minimum atomic E-state index is -0.877. The zero-order chi connectivity index (χ0) is 14.9. The average molecular weight is 279 g/mol. The summed E-state index contributed by atoms with van der Waals surface area (Å²) < 4.78 is 9.62. The minimum absolute atomic E-state index is 0.00833. The summed E-state index contributed by atoms with van der Waals surface area (Å²) in [5, 5.41) is 24.4. The summed E-state index contributed by atoms with van der Waals surface area (Å²) in [6, 6.07) is 1.23. The molecule has 104 valence electrons. The van der Waals surface area contributed by atoms with Gasteiger partial charge in [0, 0.05) is 12.5 Å². The van der Waals surface area contributed by atoms with Gasteiger partial charge in [-0.25, -0.2) is 0 Å². The largest absolute Gasteiger partial charge is 0.499 e. The van der Waals surface area contributed by atoms with Crippen molar-refractivity contribution >= 4 is 12.0 Å². The number of methoxy groups -OCH3 is 1. The van der Waals surface area contributed by atoms with Gasteiger partial charge in [0.05, 0.1) is 12.0 Å². The van der Waals surface area contributed by atoms with Gasteiger partial charge in [-0.1, -0.05) is 5.16 Å². The molecule has 0 bridgehead atoms. The van der Waals surface area contributed by atoms with Crippen molar-refractivity contribution in [1.82, 2.24) is 10.1 Å². The lowest BCUT2D eigenvalue weighted by atomic mass is 10.0. The molecule has 0 spiro atoms. The van der Waals surface area contributed by atoms with Gasteiger partial charge in [-0.05, 0) is 6.07 Å². The third-order valence-corrected chi connectivity index (χ3v) is 2.57. The Bertz CT molecular complexity index is 694. The number of aldehydes is 1. The lowest BCUT2D eigenvalue weighted by Crippen LogP contribution is -2.00. The maximum atomic E-state index is 11.1. The number of aromatic hydroxyl groups is 1. The van der Waals surface area contributed by atoms with Crippen molar-refractivity contribution in [2.75, 3.05) is 7.11 Å². The number of phenols is 1. The third kappa shape index (κ3) is 2.05. The summed E-state index contributed by atoms with van der Waals surface area (Å²) in [6.07, 6.45) is 0.248. The zero-order valence-corrected chi connectivity index (χ0v) is 10.5. The van der Waals surface area contributed by atoms with Crippen LogP contribution in [0, 0.1) is 17.0 Å². The highest BCUT2D eigenvalue weighted by molar-refractivity contribution is 5.94. The number of nitro groups is 1. The Morgan fingerprint density at radius 1 is 1.55 bits per heavy atom. The fourth-order valence-electron chi connectivity index (χ4n) is 1.70. The van der Waals surface area contributed by atoms with Crippen LogP contribution in [0.15, 0.2) is 10.6 Å². The molecule has 2 aromatic rings. The first-order valence-corrected chi connectivity index (χ1v) is 5.33. The van der Waals surface area contributed by atoms with E-state index in [2.05, 4.69) is 10.1 Å². The molecular formula is C11H9N3O6. The van der Waals surface area contributed by atoms with E-state index < -0.39 is 16.4 Å². The van der Waals surface area contributed by atoms with Crippen molar-refractivity contribution in [2.24, 2.45) is 0 Å². The topological polar surface area (TPSA) is 129 Å². The number of ether oxygens (including phenoxy) is 1. The number of carbonyl (C=O) groups is 1. The number of nitrogens with zero attached hydrogens (tertiary/aromatic N) is 3. The van der Waals surface area contributed by atoms with Crippen LogP contribution >= 0.6 is 0 Å². The Balaban J connectivity index is 2.83. The summed E-state index contributed by atoms with van der Waals surface area (Å²) in [5.74, 6) is -0.680. The maximum absolute atomic E-state index is 11.1. The molecule has 1 N–H and O–H groups in total. The van der Waals surface area contributed by atoms with Crippen LogP contribution in [0.3, 0.4) is 0 Å². The van der Waals surface area contributed by atoms with Crippen LogP contribution in [0.25, 0.3) is 11.4 Å². The molecule has 1 heterocycles. The van der Waals surface area contributed by atoms with E-state index in [1.165, 1.54) is 20.1 Å². The van der Waals surface area contributed by atoms with Gasteiger partial charge in [0.25, 0.3) is 0 Å². The van der Waals surface area contributed by atoms with E-state index >= 15 is 0 Å². The molecule has 9 nitrogen and oxygen atoms in total. The van der Waals surface area contributed by atoms with E-state index in [0.29, 0.717) is 0 Å². The predicted octanol–water partition coefficient (Wildman–Crippen LogP) is 1.48. The van der Waals surface area contributed by atoms with Crippen LogP contribution < -0.4 is 4.74 Å². The molecule has 0 amide bonds. The van der Waals surface area contributed by atoms with Crippen LogP contribution in [0.2, 0.25) is 0 Å². The third-order valence-electron chi connectivity index (χ3n) is 2.57. The lowest BCUT2D eigenvalue weighted by Gasteiger charge is -2.08. The highest BCUT2D eigenvalue weighted by atomic mass is 16.6. The summed E-state index contributed by atoms with van der Waals surface area (Å²) in [5.41, 5.74) is -1.08. The number of carbonyl (C=O) groups excluding carboxylic acids is 1. The minimum Gasteiger partial charge on any atom is -0.499 e. The Morgan fingerprint density at radius 3 is 2.70 bits per heavy atom. The second-order valence-electron chi connectivity index (χ2n) is 3.75. The van der Waals surface area contributed by atoms with Crippen molar-refractivity contribution in [2.45, 2.75) is 6.92 Å². The molecule has 2 rings (SSSR count). The van der Waals surface area contributed by atoms with E-state index in [4.69, 9.17) is 9.26 Å². The Kier molecular flexibility index (Phi) is 3.34. The molecule has 9 heteroatoms. The summed E-state index contributed by atoms with van der Waals surface area (Å²) in [7, 11) is 1.23. The highest BCUT2D eigenvalue weighted by Crippen LogP contribution is 2.42. The quantitative estimate of drug-likeness (QED) is 0.506. The van der Waals surface area contributed by atoms with Gasteiger partial charge in [-0.3, -0.25) is 14.9 Å². The number of rotatable bonds is 4. The second-order valence-corrected chi connectivity index (χ2v) is 3.75. The van der Waals surface area contributed by atoms with Crippen LogP contribution in [0.1, 0.15) is 16.2 Å². The maximum Gasteiger partial charge on any atom is 0.325 e. The van der Waals surface area contributed by atoms with E-state index in [-0.39, 0.29) is 34.9 Å². The molecule has 0 atom stereocenters. The van der Waals surface area contributed by atoms with Gasteiger partial charge < -0.3 is 14.4 Å². The van der Waals surface area contributed by atoms with E-state index in [1.54, 1.807) is 0 Å². The average Bonchev–Trinajstić information content (AvgIpc) is 2.84. The Hall–Kier alpha value is -2.97. The fourth-order valence-corrected chi connectivity index (χ4v) is 1.70. The molecule has 0 unspecified atom stereocenters. The van der Waals surface area contributed by atoms with E-state index in [9.17, 15) is 20.0 Å². The zero-order valence-electron chi connectivity index (χ0n) is 10.5. The van der Waals surface area contributed by atoms with Crippen molar-refractivity contribution in [1.29, 1.82) is 0 Å². The first kappa shape index (κ1) is 13.5. The molecule has 1 aromatic carbocycles. The normalized spacial score (nSPS) is 10.3. The fraction of sp³-hybridized carbons (Fsp3) is 0.182. The van der Waals surface area contributed by atoms with Gasteiger partial charge in [0.2, 0.25) is 17.5 Å². The van der Waals surface area contributed by atoms with E-state index in [0.717, 1.165) is 0 Å². The number of phenolic OH excluding ortho intramolecular Hbond substituents is 1. The Labute approximate surface area is 111 Å². The monoisotopic (exact) mass is 279 g/mol.